The van der Waals surface area contributed by atoms with Crippen molar-refractivity contribution in [1.82, 2.24) is 10.9 Å². The standard InChI is InChI=1S/C18H18BrFN2O3/c1-10-5-4-6-16(11(10)2)25-12(3)17(23)21-22-18(24)14-9-13(20)7-8-15(14)19/h4-9,12H,1-3H3,(H,21,23)(H,22,24). The van der Waals surface area contributed by atoms with Gasteiger partial charge < -0.3 is 4.74 Å². The third-order valence-corrected chi connectivity index (χ3v) is 4.39. The SMILES string of the molecule is Cc1cccc(OC(C)C(=O)NNC(=O)c2cc(F)ccc2Br)c1C. The Bertz CT molecular complexity index is 811. The van der Waals surface area contributed by atoms with Gasteiger partial charge in [-0.3, -0.25) is 20.4 Å². The third kappa shape index (κ3) is 4.79. The Morgan fingerprint density at radius 1 is 1.16 bits per heavy atom. The van der Waals surface area contributed by atoms with Gasteiger partial charge in [0.25, 0.3) is 11.8 Å². The summed E-state index contributed by atoms with van der Waals surface area (Å²) < 4.78 is 19.3. The number of carbonyl (C=O) groups excluding carboxylic acids is 2. The van der Waals surface area contributed by atoms with Gasteiger partial charge in [0.2, 0.25) is 0 Å². The number of hydrazine groups is 1. The van der Waals surface area contributed by atoms with Crippen LogP contribution in [0, 0.1) is 19.7 Å². The lowest BCUT2D eigenvalue weighted by Gasteiger charge is -2.17. The molecule has 0 aliphatic carbocycles. The monoisotopic (exact) mass is 408 g/mol. The average Bonchev–Trinajstić information content (AvgIpc) is 2.58. The molecule has 7 heteroatoms. The number of ether oxygens (including phenoxy) is 1. The Kier molecular flexibility index (Phi) is 6.14. The number of amides is 2. The molecule has 2 amide bonds. The van der Waals surface area contributed by atoms with E-state index < -0.39 is 23.7 Å². The molecule has 25 heavy (non-hydrogen) atoms. The molecular weight excluding hydrogens is 391 g/mol. The zero-order valence-corrected chi connectivity index (χ0v) is 15.6. The lowest BCUT2D eigenvalue weighted by molar-refractivity contribution is -0.128. The molecule has 0 fully saturated rings. The quantitative estimate of drug-likeness (QED) is 0.761. The summed E-state index contributed by atoms with van der Waals surface area (Å²) >= 11 is 3.16. The highest BCUT2D eigenvalue weighted by Crippen LogP contribution is 2.21. The van der Waals surface area contributed by atoms with Crippen LogP contribution in [0.15, 0.2) is 40.9 Å². The second kappa shape index (κ2) is 8.11. The van der Waals surface area contributed by atoms with Crippen LogP contribution in [0.4, 0.5) is 4.39 Å². The fourth-order valence-electron chi connectivity index (χ4n) is 2.05. The normalized spacial score (nSPS) is 11.6. The number of benzene rings is 2. The van der Waals surface area contributed by atoms with E-state index in [1.165, 1.54) is 12.1 Å². The van der Waals surface area contributed by atoms with Gasteiger partial charge in [-0.25, -0.2) is 4.39 Å². The zero-order chi connectivity index (χ0) is 18.6. The van der Waals surface area contributed by atoms with Crippen LogP contribution < -0.4 is 15.6 Å². The molecule has 5 nitrogen and oxygen atoms in total. The predicted octanol–water partition coefficient (Wildman–Crippen LogP) is 3.43. The highest BCUT2D eigenvalue weighted by atomic mass is 79.9. The van der Waals surface area contributed by atoms with E-state index >= 15 is 0 Å². The van der Waals surface area contributed by atoms with Crippen LogP contribution in [0.25, 0.3) is 0 Å². The summed E-state index contributed by atoms with van der Waals surface area (Å²) in [4.78, 5) is 24.1. The molecule has 2 aromatic carbocycles. The number of carbonyl (C=O) groups is 2. The van der Waals surface area contributed by atoms with Crippen molar-refractivity contribution in [2.75, 3.05) is 0 Å². The molecule has 2 aromatic rings. The number of hydrogen-bond donors (Lipinski definition) is 2. The zero-order valence-electron chi connectivity index (χ0n) is 14.0. The minimum atomic E-state index is -0.822. The smallest absolute Gasteiger partial charge is 0.279 e. The van der Waals surface area contributed by atoms with E-state index in [2.05, 4.69) is 26.8 Å². The highest BCUT2D eigenvalue weighted by molar-refractivity contribution is 9.10. The van der Waals surface area contributed by atoms with Gasteiger partial charge in [-0.1, -0.05) is 12.1 Å². The van der Waals surface area contributed by atoms with Crippen LogP contribution >= 0.6 is 15.9 Å². The van der Waals surface area contributed by atoms with E-state index in [1.807, 2.05) is 26.0 Å². The highest BCUT2D eigenvalue weighted by Gasteiger charge is 2.18. The Morgan fingerprint density at radius 3 is 2.60 bits per heavy atom. The van der Waals surface area contributed by atoms with Crippen LogP contribution in [-0.2, 0) is 4.79 Å². The van der Waals surface area contributed by atoms with Crippen molar-refractivity contribution in [1.29, 1.82) is 0 Å². The van der Waals surface area contributed by atoms with E-state index in [0.717, 1.165) is 17.2 Å². The van der Waals surface area contributed by atoms with Crippen molar-refractivity contribution in [3.8, 4) is 5.75 Å². The summed E-state index contributed by atoms with van der Waals surface area (Å²) in [5.74, 6) is -1.12. The topological polar surface area (TPSA) is 67.4 Å². The third-order valence-electron chi connectivity index (χ3n) is 3.70. The van der Waals surface area contributed by atoms with Gasteiger partial charge in [-0.15, -0.1) is 0 Å². The summed E-state index contributed by atoms with van der Waals surface area (Å²) in [6.07, 6.45) is -0.822. The van der Waals surface area contributed by atoms with Gasteiger partial charge >= 0.3 is 0 Å². The largest absolute Gasteiger partial charge is 0.481 e. The number of hydrogen-bond acceptors (Lipinski definition) is 3. The number of nitrogens with one attached hydrogen (secondary N) is 2. The summed E-state index contributed by atoms with van der Waals surface area (Å²) in [5.41, 5.74) is 6.58. The van der Waals surface area contributed by atoms with E-state index in [4.69, 9.17) is 4.74 Å². The molecule has 0 saturated heterocycles. The Hall–Kier alpha value is -2.41. The van der Waals surface area contributed by atoms with Crippen molar-refractivity contribution in [3.05, 3.63) is 63.4 Å². The first-order valence-corrected chi connectivity index (χ1v) is 8.37. The van der Waals surface area contributed by atoms with E-state index in [9.17, 15) is 14.0 Å². The Balaban J connectivity index is 1.96. The van der Waals surface area contributed by atoms with Crippen LogP contribution in [0.1, 0.15) is 28.4 Å². The van der Waals surface area contributed by atoms with Gasteiger partial charge in [-0.05, 0) is 72.1 Å². The Morgan fingerprint density at radius 2 is 1.88 bits per heavy atom. The lowest BCUT2D eigenvalue weighted by atomic mass is 10.1. The number of aryl methyl sites for hydroxylation is 1. The molecule has 0 bridgehead atoms. The van der Waals surface area contributed by atoms with Gasteiger partial charge in [0.15, 0.2) is 6.10 Å². The number of rotatable bonds is 4. The molecule has 2 rings (SSSR count). The van der Waals surface area contributed by atoms with Crippen LogP contribution in [0.3, 0.4) is 0 Å². The first-order valence-electron chi connectivity index (χ1n) is 7.57. The summed E-state index contributed by atoms with van der Waals surface area (Å²) in [6, 6.07) is 9.27. The van der Waals surface area contributed by atoms with Gasteiger partial charge in [0, 0.05) is 4.47 Å². The second-order valence-corrected chi connectivity index (χ2v) is 6.38. The molecule has 1 unspecified atom stereocenters. The van der Waals surface area contributed by atoms with Crippen molar-refractivity contribution in [2.45, 2.75) is 26.9 Å². The van der Waals surface area contributed by atoms with E-state index in [1.54, 1.807) is 13.0 Å². The fourth-order valence-corrected chi connectivity index (χ4v) is 2.48. The molecule has 0 spiro atoms. The maximum absolute atomic E-state index is 13.2. The van der Waals surface area contributed by atoms with Crippen LogP contribution in [0.2, 0.25) is 0 Å². The van der Waals surface area contributed by atoms with Gasteiger partial charge in [0.1, 0.15) is 11.6 Å². The lowest BCUT2D eigenvalue weighted by Crippen LogP contribution is -2.47. The molecule has 1 atom stereocenters. The molecular formula is C18H18BrFN2O3. The first kappa shape index (κ1) is 18.9. The molecule has 132 valence electrons. The Labute approximate surface area is 153 Å². The first-order chi connectivity index (χ1) is 11.8. The summed E-state index contributed by atoms with van der Waals surface area (Å²) in [6.45, 7) is 5.42. The second-order valence-electron chi connectivity index (χ2n) is 5.53. The van der Waals surface area contributed by atoms with Crippen molar-refractivity contribution < 1.29 is 18.7 Å². The van der Waals surface area contributed by atoms with E-state index in [0.29, 0.717) is 10.2 Å². The average molecular weight is 409 g/mol. The molecule has 0 radical (unpaired) electrons. The van der Waals surface area contributed by atoms with Crippen LogP contribution in [0.5, 0.6) is 5.75 Å². The van der Waals surface area contributed by atoms with Crippen molar-refractivity contribution in [3.63, 3.8) is 0 Å². The molecule has 0 saturated carbocycles. The predicted molar refractivity (Wildman–Crippen MR) is 95.7 cm³/mol. The molecule has 2 N–H and O–H groups in total. The molecule has 0 aliphatic rings. The van der Waals surface area contributed by atoms with Crippen molar-refractivity contribution in [2.24, 2.45) is 0 Å². The maximum Gasteiger partial charge on any atom is 0.279 e. The summed E-state index contributed by atoms with van der Waals surface area (Å²) in [5, 5.41) is 0. The van der Waals surface area contributed by atoms with Gasteiger partial charge in [-0.2, -0.15) is 0 Å². The minimum absolute atomic E-state index is 0.0726. The number of halogens is 2. The summed E-state index contributed by atoms with van der Waals surface area (Å²) in [7, 11) is 0. The van der Waals surface area contributed by atoms with Crippen LogP contribution in [-0.4, -0.2) is 17.9 Å². The fraction of sp³-hybridized carbons (Fsp3) is 0.222. The van der Waals surface area contributed by atoms with Gasteiger partial charge in [0.05, 0.1) is 5.56 Å². The van der Waals surface area contributed by atoms with Crippen molar-refractivity contribution >= 4 is 27.7 Å². The molecule has 0 heterocycles. The van der Waals surface area contributed by atoms with E-state index in [-0.39, 0.29) is 5.56 Å². The molecule has 0 aliphatic heterocycles. The maximum atomic E-state index is 13.2. The minimum Gasteiger partial charge on any atom is -0.481 e. The molecule has 0 aromatic heterocycles.